The fourth-order valence-corrected chi connectivity index (χ4v) is 4.11. The summed E-state index contributed by atoms with van der Waals surface area (Å²) < 4.78 is 23.6. The molecule has 0 amide bonds. The second kappa shape index (κ2) is 5.38. The normalized spacial score (nSPS) is 14.2. The van der Waals surface area contributed by atoms with Crippen LogP contribution in [0.1, 0.15) is 18.4 Å². The summed E-state index contributed by atoms with van der Waals surface area (Å²) in [6.07, 6.45) is 5.53. The molecule has 0 fully saturated rings. The second-order valence-electron chi connectivity index (χ2n) is 6.69. The van der Waals surface area contributed by atoms with Crippen molar-refractivity contribution in [3.05, 3.63) is 60.0 Å². The Morgan fingerprint density at radius 3 is 2.64 bits per heavy atom. The summed E-state index contributed by atoms with van der Waals surface area (Å²) in [5.41, 5.74) is 7.09. The van der Waals surface area contributed by atoms with Crippen LogP contribution < -0.4 is 4.74 Å². The quantitative estimate of drug-likeness (QED) is 0.502. The topological polar surface area (TPSA) is 18.6 Å². The number of aromatic nitrogens is 2. The van der Waals surface area contributed by atoms with E-state index in [4.69, 9.17) is 4.74 Å². The van der Waals surface area contributed by atoms with Gasteiger partial charge in [-0.3, -0.25) is 0 Å². The van der Waals surface area contributed by atoms with Crippen molar-refractivity contribution in [2.75, 3.05) is 7.11 Å². The van der Waals surface area contributed by atoms with Gasteiger partial charge in [-0.05, 0) is 55.2 Å². The molecule has 0 N–H and O–H groups in total. The van der Waals surface area contributed by atoms with Gasteiger partial charge < -0.3 is 13.7 Å². The minimum absolute atomic E-state index is 0.175. The molecule has 1 aliphatic heterocycles. The summed E-state index contributed by atoms with van der Waals surface area (Å²) in [5.74, 6) is 0.689. The predicted molar refractivity (Wildman–Crippen MR) is 97.8 cm³/mol. The SMILES string of the molecule is COc1ccc(-c2cn3c4ccc(F)cc4n4c3c2CCCC4)cc1. The van der Waals surface area contributed by atoms with Gasteiger partial charge in [0.2, 0.25) is 0 Å². The number of imidazole rings is 1. The zero-order valence-electron chi connectivity index (χ0n) is 14.1. The zero-order valence-corrected chi connectivity index (χ0v) is 14.1. The lowest BCUT2D eigenvalue weighted by Crippen LogP contribution is -1.96. The van der Waals surface area contributed by atoms with Crippen molar-refractivity contribution < 1.29 is 9.13 Å². The first kappa shape index (κ1) is 14.6. The number of hydrogen-bond acceptors (Lipinski definition) is 1. The van der Waals surface area contributed by atoms with Gasteiger partial charge in [-0.2, -0.15) is 0 Å². The maximum absolute atomic E-state index is 13.8. The van der Waals surface area contributed by atoms with E-state index in [2.05, 4.69) is 27.3 Å². The van der Waals surface area contributed by atoms with Crippen LogP contribution in [0.5, 0.6) is 5.75 Å². The Balaban J connectivity index is 1.82. The number of halogens is 1. The Hall–Kier alpha value is -2.75. The largest absolute Gasteiger partial charge is 0.497 e. The van der Waals surface area contributed by atoms with Crippen LogP contribution in [0.15, 0.2) is 48.7 Å². The van der Waals surface area contributed by atoms with Crippen molar-refractivity contribution in [3.63, 3.8) is 0 Å². The van der Waals surface area contributed by atoms with E-state index in [1.807, 2.05) is 18.2 Å². The summed E-state index contributed by atoms with van der Waals surface area (Å²) in [4.78, 5) is 0. The first-order valence-electron chi connectivity index (χ1n) is 8.72. The van der Waals surface area contributed by atoms with Crippen molar-refractivity contribution in [2.24, 2.45) is 0 Å². The van der Waals surface area contributed by atoms with Gasteiger partial charge in [-0.25, -0.2) is 4.39 Å². The summed E-state index contributed by atoms with van der Waals surface area (Å²) in [5, 5.41) is 0. The molecular formula is C21H19FN2O. The van der Waals surface area contributed by atoms with E-state index in [9.17, 15) is 4.39 Å². The first-order valence-corrected chi connectivity index (χ1v) is 8.72. The van der Waals surface area contributed by atoms with Crippen LogP contribution in [0.2, 0.25) is 0 Å². The minimum atomic E-state index is -0.175. The highest BCUT2D eigenvalue weighted by Gasteiger charge is 2.22. The summed E-state index contributed by atoms with van der Waals surface area (Å²) in [7, 11) is 1.68. The van der Waals surface area contributed by atoms with Gasteiger partial charge in [0, 0.05) is 23.9 Å². The van der Waals surface area contributed by atoms with Crippen LogP contribution >= 0.6 is 0 Å². The van der Waals surface area contributed by atoms with Gasteiger partial charge in [-0.1, -0.05) is 12.1 Å². The smallest absolute Gasteiger partial charge is 0.125 e. The first-order chi connectivity index (χ1) is 12.3. The van der Waals surface area contributed by atoms with Gasteiger partial charge in [-0.15, -0.1) is 0 Å². The fraction of sp³-hybridized carbons (Fsp3) is 0.238. The van der Waals surface area contributed by atoms with E-state index in [0.29, 0.717) is 0 Å². The number of benzene rings is 2. The number of nitrogens with zero attached hydrogens (tertiary/aromatic N) is 2. The number of aryl methyl sites for hydroxylation is 2. The highest BCUT2D eigenvalue weighted by molar-refractivity contribution is 5.87. The van der Waals surface area contributed by atoms with E-state index < -0.39 is 0 Å². The molecule has 3 heterocycles. The van der Waals surface area contributed by atoms with Crippen LogP contribution in [0, 0.1) is 5.82 Å². The van der Waals surface area contributed by atoms with Crippen LogP contribution in [0.25, 0.3) is 27.8 Å². The standard InChI is InChI=1S/C21H19FN2O/c1-25-16-8-5-14(6-9-16)18-13-24-19-10-7-15(22)12-20(19)23-11-3-2-4-17(18)21(23)24/h5-10,12-13H,2-4,11H2,1H3. The molecule has 0 spiro atoms. The van der Waals surface area contributed by atoms with Crippen molar-refractivity contribution in [2.45, 2.75) is 25.8 Å². The van der Waals surface area contributed by atoms with E-state index in [1.165, 1.54) is 22.3 Å². The molecule has 2 aromatic carbocycles. The van der Waals surface area contributed by atoms with Crippen LogP contribution in [-0.4, -0.2) is 16.1 Å². The molecular weight excluding hydrogens is 315 g/mol. The fourth-order valence-electron chi connectivity index (χ4n) is 4.11. The lowest BCUT2D eigenvalue weighted by molar-refractivity contribution is 0.415. The molecule has 0 radical (unpaired) electrons. The van der Waals surface area contributed by atoms with Gasteiger partial charge >= 0.3 is 0 Å². The molecule has 4 aromatic rings. The van der Waals surface area contributed by atoms with Crippen molar-refractivity contribution in [1.82, 2.24) is 8.97 Å². The number of fused-ring (bicyclic) bond motifs is 3. The molecule has 5 rings (SSSR count). The molecule has 0 unspecified atom stereocenters. The number of ether oxygens (including phenoxy) is 1. The van der Waals surface area contributed by atoms with Gasteiger partial charge in [0.25, 0.3) is 0 Å². The third-order valence-electron chi connectivity index (χ3n) is 5.28. The maximum atomic E-state index is 13.8. The molecule has 4 heteroatoms. The molecule has 0 atom stereocenters. The average molecular weight is 334 g/mol. The highest BCUT2D eigenvalue weighted by atomic mass is 19.1. The number of methoxy groups -OCH3 is 1. The lowest BCUT2D eigenvalue weighted by Gasteiger charge is -2.05. The lowest BCUT2D eigenvalue weighted by atomic mass is 10.0. The third-order valence-corrected chi connectivity index (χ3v) is 5.28. The molecule has 0 saturated carbocycles. The molecule has 0 saturated heterocycles. The Morgan fingerprint density at radius 2 is 1.84 bits per heavy atom. The third kappa shape index (κ3) is 2.10. The summed E-state index contributed by atoms with van der Waals surface area (Å²) in [6, 6.07) is 13.3. The van der Waals surface area contributed by atoms with Crippen molar-refractivity contribution >= 4 is 16.7 Å². The molecule has 25 heavy (non-hydrogen) atoms. The zero-order chi connectivity index (χ0) is 17.0. The summed E-state index contributed by atoms with van der Waals surface area (Å²) >= 11 is 0. The number of rotatable bonds is 2. The van der Waals surface area contributed by atoms with Gasteiger partial charge in [0.05, 0.1) is 18.1 Å². The van der Waals surface area contributed by atoms with E-state index in [-0.39, 0.29) is 5.82 Å². The minimum Gasteiger partial charge on any atom is -0.497 e. The monoisotopic (exact) mass is 334 g/mol. The summed E-state index contributed by atoms with van der Waals surface area (Å²) in [6.45, 7) is 0.940. The second-order valence-corrected chi connectivity index (χ2v) is 6.69. The molecule has 2 aromatic heterocycles. The van der Waals surface area contributed by atoms with E-state index in [1.54, 1.807) is 19.2 Å². The van der Waals surface area contributed by atoms with Gasteiger partial charge in [0.1, 0.15) is 17.2 Å². The predicted octanol–water partition coefficient (Wildman–Crippen LogP) is 5.05. The van der Waals surface area contributed by atoms with Crippen LogP contribution in [-0.2, 0) is 13.0 Å². The number of hydrogen-bond donors (Lipinski definition) is 0. The molecule has 3 nitrogen and oxygen atoms in total. The Morgan fingerprint density at radius 1 is 1.00 bits per heavy atom. The van der Waals surface area contributed by atoms with Crippen molar-refractivity contribution in [3.8, 4) is 16.9 Å². The maximum Gasteiger partial charge on any atom is 0.125 e. The van der Waals surface area contributed by atoms with Crippen LogP contribution in [0.4, 0.5) is 4.39 Å². The Labute approximate surface area is 145 Å². The molecule has 126 valence electrons. The Kier molecular flexibility index (Phi) is 3.14. The highest BCUT2D eigenvalue weighted by Crippen LogP contribution is 2.36. The average Bonchev–Trinajstić information content (AvgIpc) is 3.04. The van der Waals surface area contributed by atoms with E-state index in [0.717, 1.165) is 42.6 Å². The molecule has 0 bridgehead atoms. The molecule has 1 aliphatic rings. The van der Waals surface area contributed by atoms with Crippen molar-refractivity contribution in [1.29, 1.82) is 0 Å². The Bertz CT molecular complexity index is 1090. The van der Waals surface area contributed by atoms with E-state index >= 15 is 0 Å². The van der Waals surface area contributed by atoms with Gasteiger partial charge in [0.15, 0.2) is 0 Å². The van der Waals surface area contributed by atoms with Crippen LogP contribution in [0.3, 0.4) is 0 Å². The molecule has 0 aliphatic carbocycles.